The van der Waals surface area contributed by atoms with Crippen LogP contribution in [0.2, 0.25) is 25.1 Å². The maximum Gasteiger partial charge on any atom is 0.417 e. The van der Waals surface area contributed by atoms with E-state index in [1.54, 1.807) is 0 Å². The van der Waals surface area contributed by atoms with Crippen molar-refractivity contribution in [2.24, 2.45) is 0 Å². The molecule has 0 heterocycles. The number of rotatable bonds is 2. The fourth-order valence-electron chi connectivity index (χ4n) is 1.99. The molecule has 0 aliphatic rings. The Morgan fingerprint density at radius 3 is 1.62 bits per heavy atom. The molecular weight excluding hydrogens is 440 g/mol. The van der Waals surface area contributed by atoms with Gasteiger partial charge < -0.3 is 0 Å². The summed E-state index contributed by atoms with van der Waals surface area (Å²) >= 11 is 29.4. The SMILES string of the molecule is FC(F)c1ccc(C(F)(F)F)c(-c2c(Cl)c(Cl)c(Cl)c(Cl)c2Cl)c1. The second-order valence-electron chi connectivity index (χ2n) is 4.55. The zero-order chi connectivity index (χ0) is 18.4. The Morgan fingerprint density at radius 2 is 1.21 bits per heavy atom. The lowest BCUT2D eigenvalue weighted by Crippen LogP contribution is -2.08. The van der Waals surface area contributed by atoms with Gasteiger partial charge >= 0.3 is 6.18 Å². The van der Waals surface area contributed by atoms with E-state index >= 15 is 0 Å². The molecule has 0 aliphatic carbocycles. The summed E-state index contributed by atoms with van der Waals surface area (Å²) in [6.45, 7) is 0. The van der Waals surface area contributed by atoms with Gasteiger partial charge in [-0.25, -0.2) is 8.78 Å². The number of hydrogen-bond acceptors (Lipinski definition) is 0. The molecule has 0 fully saturated rings. The molecule has 0 unspecified atom stereocenters. The predicted octanol–water partition coefficient (Wildman–Crippen LogP) is 8.58. The van der Waals surface area contributed by atoms with Gasteiger partial charge in [-0.3, -0.25) is 0 Å². The molecule has 0 bridgehead atoms. The minimum absolute atomic E-state index is 0.254. The molecule has 0 spiro atoms. The Bertz CT molecular complexity index is 772. The second-order valence-corrected chi connectivity index (χ2v) is 6.44. The van der Waals surface area contributed by atoms with E-state index in [1.807, 2.05) is 0 Å². The first-order valence-corrected chi connectivity index (χ1v) is 7.86. The first-order valence-electron chi connectivity index (χ1n) is 5.98. The third-order valence-electron chi connectivity index (χ3n) is 3.08. The summed E-state index contributed by atoms with van der Waals surface area (Å²) < 4.78 is 65.5. The standard InChI is InChI=1S/C14H4Cl5F5/c15-8-7(9(16)11(18)12(19)10(8)17)5-3-4(13(20)21)1-2-6(5)14(22,23)24/h1-3,13H. The van der Waals surface area contributed by atoms with Gasteiger partial charge in [0.15, 0.2) is 0 Å². The van der Waals surface area contributed by atoms with E-state index in [0.717, 1.165) is 0 Å². The highest BCUT2D eigenvalue weighted by Gasteiger charge is 2.36. The van der Waals surface area contributed by atoms with Crippen molar-refractivity contribution in [1.82, 2.24) is 0 Å². The number of benzene rings is 2. The first-order chi connectivity index (χ1) is 11.0. The van der Waals surface area contributed by atoms with Crippen LogP contribution in [0.25, 0.3) is 11.1 Å². The van der Waals surface area contributed by atoms with Crippen molar-refractivity contribution in [2.75, 3.05) is 0 Å². The highest BCUT2D eigenvalue weighted by Crippen LogP contribution is 2.51. The van der Waals surface area contributed by atoms with Crippen LogP contribution in [-0.4, -0.2) is 0 Å². The minimum atomic E-state index is -4.85. The van der Waals surface area contributed by atoms with E-state index in [4.69, 9.17) is 58.0 Å². The van der Waals surface area contributed by atoms with Crippen LogP contribution in [0.4, 0.5) is 22.0 Å². The molecule has 0 aromatic heterocycles. The topological polar surface area (TPSA) is 0 Å². The highest BCUT2D eigenvalue weighted by molar-refractivity contribution is 6.56. The van der Waals surface area contributed by atoms with Crippen LogP contribution in [-0.2, 0) is 6.18 Å². The van der Waals surface area contributed by atoms with E-state index in [1.165, 1.54) is 0 Å². The van der Waals surface area contributed by atoms with Crippen LogP contribution in [0.1, 0.15) is 17.6 Å². The third-order valence-corrected chi connectivity index (χ3v) is 5.36. The van der Waals surface area contributed by atoms with E-state index in [9.17, 15) is 22.0 Å². The van der Waals surface area contributed by atoms with Crippen LogP contribution in [0.5, 0.6) is 0 Å². The summed E-state index contributed by atoms with van der Waals surface area (Å²) in [5.41, 5.74) is -2.96. The quantitative estimate of drug-likeness (QED) is 0.247. The van der Waals surface area contributed by atoms with E-state index in [2.05, 4.69) is 0 Å². The lowest BCUT2D eigenvalue weighted by molar-refractivity contribution is -0.137. The third kappa shape index (κ3) is 3.56. The number of alkyl halides is 5. The number of halogens is 10. The van der Waals surface area contributed by atoms with Crippen LogP contribution >= 0.6 is 58.0 Å². The Kier molecular flexibility index (Phi) is 5.83. The van der Waals surface area contributed by atoms with Gasteiger partial charge in [-0.05, 0) is 17.7 Å². The summed E-state index contributed by atoms with van der Waals surface area (Å²) in [4.78, 5) is 0. The maximum atomic E-state index is 13.2. The summed E-state index contributed by atoms with van der Waals surface area (Å²) in [6.07, 6.45) is -7.84. The molecule has 2 rings (SSSR count). The second kappa shape index (κ2) is 7.04. The van der Waals surface area contributed by atoms with Crippen LogP contribution in [0.15, 0.2) is 18.2 Å². The molecule has 2 aromatic rings. The van der Waals surface area contributed by atoms with Gasteiger partial charge in [-0.2, -0.15) is 13.2 Å². The van der Waals surface area contributed by atoms with Crippen molar-refractivity contribution in [3.8, 4) is 11.1 Å². The lowest BCUT2D eigenvalue weighted by atomic mass is 9.96. The molecule has 24 heavy (non-hydrogen) atoms. The molecule has 130 valence electrons. The van der Waals surface area contributed by atoms with Gasteiger partial charge in [0.25, 0.3) is 6.43 Å². The van der Waals surface area contributed by atoms with Gasteiger partial charge in [0.2, 0.25) is 0 Å². The minimum Gasteiger partial charge on any atom is -0.205 e. The fourth-order valence-corrected chi connectivity index (χ4v) is 3.33. The van der Waals surface area contributed by atoms with E-state index < -0.39 is 44.9 Å². The molecule has 0 nitrogen and oxygen atoms in total. The maximum absolute atomic E-state index is 13.2. The molecule has 10 heteroatoms. The summed E-state index contributed by atoms with van der Waals surface area (Å²) in [5, 5.41) is -1.77. The van der Waals surface area contributed by atoms with Gasteiger partial charge in [0.1, 0.15) is 0 Å². The molecule has 2 aromatic carbocycles. The zero-order valence-electron chi connectivity index (χ0n) is 11.1. The average molecular weight is 444 g/mol. The van der Waals surface area contributed by atoms with Gasteiger partial charge in [-0.1, -0.05) is 64.1 Å². The van der Waals surface area contributed by atoms with Crippen molar-refractivity contribution in [1.29, 1.82) is 0 Å². The van der Waals surface area contributed by atoms with Gasteiger partial charge in [0, 0.05) is 11.1 Å². The monoisotopic (exact) mass is 442 g/mol. The number of hydrogen-bond donors (Lipinski definition) is 0. The summed E-state index contributed by atoms with van der Waals surface area (Å²) in [7, 11) is 0. The Balaban J connectivity index is 2.93. The Hall–Kier alpha value is -0.460. The Morgan fingerprint density at radius 1 is 0.750 bits per heavy atom. The van der Waals surface area contributed by atoms with Crippen molar-refractivity contribution in [3.05, 3.63) is 54.4 Å². The predicted molar refractivity (Wildman–Crippen MR) is 86.9 cm³/mol. The smallest absolute Gasteiger partial charge is 0.205 e. The summed E-state index contributed by atoms with van der Waals surface area (Å²) in [6, 6.07) is 1.82. The van der Waals surface area contributed by atoms with Crippen molar-refractivity contribution in [2.45, 2.75) is 12.6 Å². The molecule has 0 aliphatic heterocycles. The van der Waals surface area contributed by atoms with E-state index in [0.29, 0.717) is 18.2 Å². The molecule has 0 saturated carbocycles. The summed E-state index contributed by atoms with van der Waals surface area (Å²) in [5.74, 6) is 0. The van der Waals surface area contributed by atoms with Crippen molar-refractivity contribution in [3.63, 3.8) is 0 Å². The highest BCUT2D eigenvalue weighted by atomic mass is 35.5. The van der Waals surface area contributed by atoms with E-state index in [-0.39, 0.29) is 15.1 Å². The molecule has 0 amide bonds. The first kappa shape index (κ1) is 19.9. The lowest BCUT2D eigenvalue weighted by Gasteiger charge is -2.18. The van der Waals surface area contributed by atoms with Crippen LogP contribution in [0.3, 0.4) is 0 Å². The van der Waals surface area contributed by atoms with Crippen molar-refractivity contribution < 1.29 is 22.0 Å². The largest absolute Gasteiger partial charge is 0.417 e. The van der Waals surface area contributed by atoms with Crippen LogP contribution in [0, 0.1) is 0 Å². The molecule has 0 atom stereocenters. The normalized spacial score (nSPS) is 12.1. The molecule has 0 saturated heterocycles. The fraction of sp³-hybridized carbons (Fsp3) is 0.143. The van der Waals surface area contributed by atoms with Gasteiger partial charge in [0.05, 0.1) is 30.7 Å². The molecule has 0 radical (unpaired) electrons. The zero-order valence-corrected chi connectivity index (χ0v) is 14.9. The Labute approximate surface area is 158 Å². The average Bonchev–Trinajstić information content (AvgIpc) is 2.50. The molecular formula is C14H4Cl5F5. The van der Waals surface area contributed by atoms with Crippen molar-refractivity contribution >= 4 is 58.0 Å². The molecule has 0 N–H and O–H groups in total. The van der Waals surface area contributed by atoms with Gasteiger partial charge in [-0.15, -0.1) is 0 Å². The van der Waals surface area contributed by atoms with Crippen LogP contribution < -0.4 is 0 Å².